The maximum absolute atomic E-state index is 9.51. The number of hydrogen-bond donors (Lipinski definition) is 2. The number of phenolic OH excluding ortho intramolecular Hbond substituents is 1. The number of halogens is 2. The van der Waals surface area contributed by atoms with Gasteiger partial charge in [0, 0.05) is 18.1 Å². The molecule has 0 aliphatic heterocycles. The normalized spacial score (nSPS) is 12.2. The molecule has 0 saturated heterocycles. The number of nitrogens with zero attached hydrogens (tertiary/aromatic N) is 2. The molecule has 2 aromatic rings. The molecule has 4 nitrogen and oxygen atoms in total. The van der Waals surface area contributed by atoms with E-state index >= 15 is 0 Å². The summed E-state index contributed by atoms with van der Waals surface area (Å²) in [6.07, 6.45) is 3.30. The van der Waals surface area contributed by atoms with E-state index in [-0.39, 0.29) is 21.8 Å². The maximum Gasteiger partial charge on any atom is 0.152 e. The number of rotatable bonds is 3. The molecule has 0 saturated carbocycles. The van der Waals surface area contributed by atoms with Crippen LogP contribution in [-0.2, 0) is 0 Å². The van der Waals surface area contributed by atoms with Crippen LogP contribution in [0.2, 0.25) is 10.0 Å². The molecule has 0 spiro atoms. The first-order valence-electron chi connectivity index (χ1n) is 5.71. The summed E-state index contributed by atoms with van der Waals surface area (Å²) in [5, 5.41) is 13.2. The third-order valence-corrected chi connectivity index (χ3v) is 3.31. The molecule has 6 heteroatoms. The van der Waals surface area contributed by atoms with Gasteiger partial charge in [-0.25, -0.2) is 0 Å². The van der Waals surface area contributed by atoms with Gasteiger partial charge in [0.25, 0.3) is 0 Å². The van der Waals surface area contributed by atoms with Gasteiger partial charge >= 0.3 is 0 Å². The topological polar surface area (TPSA) is 58.0 Å². The predicted molar refractivity (Wildman–Crippen MR) is 76.9 cm³/mol. The lowest BCUT2D eigenvalue weighted by Crippen LogP contribution is -2.11. The lowest BCUT2D eigenvalue weighted by Gasteiger charge is -2.16. The fourth-order valence-corrected chi connectivity index (χ4v) is 2.30. The minimum absolute atomic E-state index is 0.0506. The zero-order valence-electron chi connectivity index (χ0n) is 10.5. The molecule has 1 aromatic heterocycles. The van der Waals surface area contributed by atoms with Crippen molar-refractivity contribution in [3.05, 3.63) is 46.0 Å². The number of nitrogens with one attached hydrogen (secondary N) is 1. The first-order valence-corrected chi connectivity index (χ1v) is 6.46. The van der Waals surface area contributed by atoms with E-state index in [1.54, 1.807) is 24.5 Å². The summed E-state index contributed by atoms with van der Waals surface area (Å²) in [6.45, 7) is 3.86. The van der Waals surface area contributed by atoms with E-state index in [0.717, 1.165) is 11.4 Å². The fourth-order valence-electron chi connectivity index (χ4n) is 1.81. The van der Waals surface area contributed by atoms with E-state index in [0.29, 0.717) is 5.69 Å². The van der Waals surface area contributed by atoms with E-state index in [2.05, 4.69) is 15.3 Å². The highest BCUT2D eigenvalue weighted by Gasteiger charge is 2.12. The van der Waals surface area contributed by atoms with Crippen LogP contribution < -0.4 is 5.32 Å². The third-order valence-electron chi connectivity index (χ3n) is 2.73. The summed E-state index contributed by atoms with van der Waals surface area (Å²) in [5.41, 5.74) is 2.42. The first-order chi connectivity index (χ1) is 8.99. The molecule has 0 fully saturated rings. The van der Waals surface area contributed by atoms with Gasteiger partial charge in [0.1, 0.15) is 0 Å². The summed E-state index contributed by atoms with van der Waals surface area (Å²) >= 11 is 11.8. The van der Waals surface area contributed by atoms with E-state index < -0.39 is 0 Å². The molecule has 1 atom stereocenters. The molecule has 19 heavy (non-hydrogen) atoms. The molecule has 1 heterocycles. The van der Waals surface area contributed by atoms with Crippen molar-refractivity contribution in [2.75, 3.05) is 5.32 Å². The largest absolute Gasteiger partial charge is 0.505 e. The average Bonchev–Trinajstić information content (AvgIpc) is 2.36. The summed E-state index contributed by atoms with van der Waals surface area (Å²) in [4.78, 5) is 8.49. The Balaban J connectivity index is 2.24. The molecule has 0 radical (unpaired) electrons. The Morgan fingerprint density at radius 2 is 1.74 bits per heavy atom. The minimum atomic E-state index is -0.114. The van der Waals surface area contributed by atoms with Crippen LogP contribution in [-0.4, -0.2) is 15.1 Å². The summed E-state index contributed by atoms with van der Waals surface area (Å²) in [6, 6.07) is 3.18. The fraction of sp³-hybridized carbons (Fsp3) is 0.231. The molecule has 0 aliphatic rings. The summed E-state index contributed by atoms with van der Waals surface area (Å²) in [5.74, 6) is -0.114. The molecule has 1 aromatic carbocycles. The van der Waals surface area contributed by atoms with Crippen molar-refractivity contribution >= 4 is 28.9 Å². The van der Waals surface area contributed by atoms with Crippen LogP contribution in [0.1, 0.15) is 24.4 Å². The highest BCUT2D eigenvalue weighted by molar-refractivity contribution is 6.37. The van der Waals surface area contributed by atoms with Gasteiger partial charge in [-0.3, -0.25) is 9.97 Å². The molecule has 0 aliphatic carbocycles. The quantitative estimate of drug-likeness (QED) is 0.842. The van der Waals surface area contributed by atoms with Crippen LogP contribution in [0.4, 0.5) is 5.69 Å². The van der Waals surface area contributed by atoms with Crippen molar-refractivity contribution in [1.29, 1.82) is 0 Å². The number of benzene rings is 1. The molecule has 2 N–H and O–H groups in total. The van der Waals surface area contributed by atoms with Gasteiger partial charge in [-0.15, -0.1) is 0 Å². The van der Waals surface area contributed by atoms with E-state index in [9.17, 15) is 5.11 Å². The van der Waals surface area contributed by atoms with Crippen LogP contribution in [0.5, 0.6) is 5.75 Å². The number of hydrogen-bond acceptors (Lipinski definition) is 4. The van der Waals surface area contributed by atoms with Crippen LogP contribution in [0.15, 0.2) is 24.5 Å². The second-order valence-electron chi connectivity index (χ2n) is 4.18. The van der Waals surface area contributed by atoms with Gasteiger partial charge in [-0.05, 0) is 26.0 Å². The van der Waals surface area contributed by atoms with Gasteiger partial charge in [-0.2, -0.15) is 0 Å². The Labute approximate surface area is 121 Å². The van der Waals surface area contributed by atoms with Gasteiger partial charge in [-0.1, -0.05) is 23.2 Å². The molecule has 0 amide bonds. The minimum Gasteiger partial charge on any atom is -0.505 e. The number of phenols is 1. The molecule has 1 unspecified atom stereocenters. The Morgan fingerprint density at radius 1 is 1.16 bits per heavy atom. The summed E-state index contributed by atoms with van der Waals surface area (Å²) < 4.78 is 0. The van der Waals surface area contributed by atoms with Gasteiger partial charge < -0.3 is 10.4 Å². The zero-order valence-corrected chi connectivity index (χ0v) is 12.0. The van der Waals surface area contributed by atoms with Crippen molar-refractivity contribution < 1.29 is 5.11 Å². The highest BCUT2D eigenvalue weighted by atomic mass is 35.5. The number of aryl methyl sites for hydroxylation is 1. The van der Waals surface area contributed by atoms with Crippen LogP contribution >= 0.6 is 23.2 Å². The zero-order chi connectivity index (χ0) is 14.0. The monoisotopic (exact) mass is 297 g/mol. The lowest BCUT2D eigenvalue weighted by molar-refractivity contribution is 0.476. The second kappa shape index (κ2) is 5.63. The highest BCUT2D eigenvalue weighted by Crippen LogP contribution is 2.35. The number of aromatic nitrogens is 2. The van der Waals surface area contributed by atoms with Crippen LogP contribution in [0.25, 0.3) is 0 Å². The number of aromatic hydroxyl groups is 1. The predicted octanol–water partition coefficient (Wildman–Crippen LogP) is 3.97. The Kier molecular flexibility index (Phi) is 4.12. The van der Waals surface area contributed by atoms with E-state index in [1.165, 1.54) is 0 Å². The van der Waals surface area contributed by atoms with Crippen LogP contribution in [0.3, 0.4) is 0 Å². The van der Waals surface area contributed by atoms with Gasteiger partial charge in [0.15, 0.2) is 5.75 Å². The Bertz CT molecular complexity index is 581. The molecule has 100 valence electrons. The Morgan fingerprint density at radius 3 is 2.32 bits per heavy atom. The molecule has 0 bridgehead atoms. The second-order valence-corrected chi connectivity index (χ2v) is 5.00. The standard InChI is InChI=1S/C13H13Cl2N3O/c1-7-12(17-4-3-16-7)8(2)18-9-5-10(14)13(19)11(15)6-9/h3-6,8,18-19H,1-2H3. The average molecular weight is 298 g/mol. The van der Waals surface area contributed by atoms with Crippen molar-refractivity contribution in [3.63, 3.8) is 0 Å². The number of anilines is 1. The SMILES string of the molecule is Cc1nccnc1C(C)Nc1cc(Cl)c(O)c(Cl)c1. The molecule has 2 rings (SSSR count). The molecular weight excluding hydrogens is 285 g/mol. The maximum atomic E-state index is 9.51. The lowest BCUT2D eigenvalue weighted by atomic mass is 10.1. The smallest absolute Gasteiger partial charge is 0.152 e. The van der Waals surface area contributed by atoms with Crippen molar-refractivity contribution in [2.24, 2.45) is 0 Å². The van der Waals surface area contributed by atoms with Crippen molar-refractivity contribution in [1.82, 2.24) is 9.97 Å². The van der Waals surface area contributed by atoms with Crippen molar-refractivity contribution in [3.8, 4) is 5.75 Å². The Hall–Kier alpha value is -1.52. The van der Waals surface area contributed by atoms with Gasteiger partial charge in [0.2, 0.25) is 0 Å². The third kappa shape index (κ3) is 3.08. The van der Waals surface area contributed by atoms with Crippen molar-refractivity contribution in [2.45, 2.75) is 19.9 Å². The first kappa shape index (κ1) is 13.9. The van der Waals surface area contributed by atoms with E-state index in [4.69, 9.17) is 23.2 Å². The van der Waals surface area contributed by atoms with Crippen LogP contribution in [0, 0.1) is 6.92 Å². The van der Waals surface area contributed by atoms with Gasteiger partial charge in [0.05, 0.1) is 27.5 Å². The molecular formula is C13H13Cl2N3O. The summed E-state index contributed by atoms with van der Waals surface area (Å²) in [7, 11) is 0. The van der Waals surface area contributed by atoms with E-state index in [1.807, 2.05) is 13.8 Å².